The van der Waals surface area contributed by atoms with Crippen LogP contribution in [0.3, 0.4) is 0 Å². The lowest BCUT2D eigenvalue weighted by atomic mass is 9.45. The van der Waals surface area contributed by atoms with E-state index < -0.39 is 33.8 Å². The van der Waals surface area contributed by atoms with Crippen molar-refractivity contribution in [2.75, 3.05) is 0 Å². The van der Waals surface area contributed by atoms with E-state index in [-0.39, 0.29) is 23.6 Å². The molecule has 0 aromatic rings. The zero-order chi connectivity index (χ0) is 35.6. The average molecular weight is 703 g/mol. The number of amides is 1. The third-order valence-corrected chi connectivity index (χ3v) is 14.5. The summed E-state index contributed by atoms with van der Waals surface area (Å²) in [6.07, 6.45) is 15.6. The number of carbonyl (C=O) groups is 3. The maximum atomic E-state index is 14.2. The van der Waals surface area contributed by atoms with E-state index in [0.717, 1.165) is 42.9 Å². The van der Waals surface area contributed by atoms with Crippen LogP contribution in [0.2, 0.25) is 0 Å². The van der Waals surface area contributed by atoms with Crippen molar-refractivity contribution in [1.82, 2.24) is 10.6 Å². The van der Waals surface area contributed by atoms with Crippen LogP contribution in [-0.2, 0) is 14.4 Å². The lowest BCUT2D eigenvalue weighted by Crippen LogP contribution is -2.59. The van der Waals surface area contributed by atoms with Gasteiger partial charge in [0.1, 0.15) is 11.3 Å². The van der Waals surface area contributed by atoms with E-state index in [9.17, 15) is 14.4 Å². The molecule has 48 heavy (non-hydrogen) atoms. The molecule has 0 saturated heterocycles. The summed E-state index contributed by atoms with van der Waals surface area (Å²) in [6.45, 7) is 16.1. The van der Waals surface area contributed by atoms with Crippen LogP contribution in [-0.4, -0.2) is 34.2 Å². The third kappa shape index (κ3) is 7.78. The smallest absolute Gasteiger partial charge is 0.236 e. The number of allylic oxidation sites excluding steroid dienone is 2. The lowest BCUT2D eigenvalue weighted by Gasteiger charge is -2.59. The molecule has 0 bridgehead atoms. The van der Waals surface area contributed by atoms with Gasteiger partial charge in [0.15, 0.2) is 5.12 Å². The predicted molar refractivity (Wildman–Crippen MR) is 203 cm³/mol. The van der Waals surface area contributed by atoms with E-state index in [1.54, 1.807) is 6.92 Å². The van der Waals surface area contributed by atoms with Gasteiger partial charge in [0.05, 0.1) is 12.2 Å². The Labute approximate surface area is 302 Å². The second-order valence-corrected chi connectivity index (χ2v) is 18.1. The number of carbonyl (C=O) groups excluding carboxylic acids is 3. The molecule has 1 amide bonds. The molecule has 4 rings (SSSR count). The summed E-state index contributed by atoms with van der Waals surface area (Å²) in [4.78, 5) is 40.3. The first kappa shape index (κ1) is 39.5. The topological polar surface area (TPSA) is 125 Å². The van der Waals surface area contributed by atoms with Crippen molar-refractivity contribution in [3.63, 3.8) is 0 Å². The molecule has 272 valence electrons. The van der Waals surface area contributed by atoms with Crippen molar-refractivity contribution in [2.24, 2.45) is 63.4 Å². The molecular formula is C39H66N4O3S2. The maximum absolute atomic E-state index is 14.2. The first-order valence-corrected chi connectivity index (χ1v) is 20.0. The van der Waals surface area contributed by atoms with E-state index >= 15 is 0 Å². The fourth-order valence-electron chi connectivity index (χ4n) is 11.4. The average Bonchev–Trinajstić information content (AvgIpc) is 3.36. The molecule has 0 aromatic carbocycles. The minimum Gasteiger partial charge on any atom is -0.386 e. The Bertz CT molecular complexity index is 1240. The molecule has 0 heterocycles. The van der Waals surface area contributed by atoms with Crippen molar-refractivity contribution in [2.45, 2.75) is 151 Å². The number of thiol groups is 2. The minimum absolute atomic E-state index is 0.00132. The molecule has 11 atom stereocenters. The Morgan fingerprint density at radius 2 is 1.73 bits per heavy atom. The number of hydrogen-bond donors (Lipinski definition) is 6. The third-order valence-electron chi connectivity index (χ3n) is 14.0. The number of rotatable bonds is 16. The van der Waals surface area contributed by atoms with E-state index in [2.05, 4.69) is 76.6 Å². The zero-order valence-electron chi connectivity index (χ0n) is 30.9. The van der Waals surface area contributed by atoms with Gasteiger partial charge in [-0.25, -0.2) is 0 Å². The molecule has 4 aliphatic carbocycles. The summed E-state index contributed by atoms with van der Waals surface area (Å²) in [5.41, 5.74) is 6.00. The number of hydrogen-bond acceptors (Lipinski definition) is 5. The molecule has 3 unspecified atom stereocenters. The standard InChI is InChI=1S/C39H66N4O3S2/c1-8-10-32(34(40)41)42-25(5)43-35(45)39(36(46)48,22-33(44)47)27-17-19-37(6)26(21-27)13-14-28-30-16-15-29(24(4)12-9-11-23(2)3)38(30,7)20-18-31(28)37/h13,23-25,27-32,42H,8-12,14-22H2,1-7H3,(H3,40,41)(H,43,45)(H,44,47)(H,46,48)/t24-,25?,27+,28+,29-,30+,31+,32?,37+,38-,39?/m1/s1. The van der Waals surface area contributed by atoms with Crippen molar-refractivity contribution < 1.29 is 14.4 Å². The van der Waals surface area contributed by atoms with Crippen molar-refractivity contribution in [1.29, 1.82) is 5.41 Å². The van der Waals surface area contributed by atoms with Crippen molar-refractivity contribution >= 4 is 47.2 Å². The molecule has 9 heteroatoms. The molecule has 5 N–H and O–H groups in total. The molecule has 3 fully saturated rings. The Balaban J connectivity index is 1.54. The SMILES string of the molecule is CCCC(NC(C)NC(=O)C(CC(=O)S)(C(=O)S)[C@H]1CC[C@@]2(C)C(=CC[C@H]3[C@@H]4CC[C@H]([C@H](C)CCCC(C)C)[C@@]4(C)CC[C@@H]32)C1)C(=N)N. The Kier molecular flexibility index (Phi) is 13.1. The molecule has 4 aliphatic rings. The van der Waals surface area contributed by atoms with E-state index in [4.69, 9.17) is 11.1 Å². The molecule has 0 radical (unpaired) electrons. The molecular weight excluding hydrogens is 637 g/mol. The summed E-state index contributed by atoms with van der Waals surface area (Å²) in [6, 6.07) is -0.394. The summed E-state index contributed by atoms with van der Waals surface area (Å²) in [5.74, 6) is 3.57. The van der Waals surface area contributed by atoms with Gasteiger partial charge < -0.3 is 11.1 Å². The van der Waals surface area contributed by atoms with Gasteiger partial charge in [0.25, 0.3) is 0 Å². The van der Waals surface area contributed by atoms with E-state index in [0.29, 0.717) is 36.5 Å². The summed E-state index contributed by atoms with van der Waals surface area (Å²) >= 11 is 8.38. The highest BCUT2D eigenvalue weighted by Crippen LogP contribution is 2.68. The van der Waals surface area contributed by atoms with Gasteiger partial charge in [-0.3, -0.25) is 25.1 Å². The summed E-state index contributed by atoms with van der Waals surface area (Å²) in [7, 11) is 0. The Morgan fingerprint density at radius 3 is 2.33 bits per heavy atom. The second kappa shape index (κ2) is 15.9. The highest BCUT2D eigenvalue weighted by molar-refractivity contribution is 7.97. The van der Waals surface area contributed by atoms with Crippen LogP contribution in [0.15, 0.2) is 11.6 Å². The largest absolute Gasteiger partial charge is 0.386 e. The van der Waals surface area contributed by atoms with Gasteiger partial charge in [0.2, 0.25) is 11.0 Å². The van der Waals surface area contributed by atoms with Crippen LogP contribution in [0, 0.1) is 63.1 Å². The second-order valence-electron chi connectivity index (χ2n) is 17.2. The Hall–Kier alpha value is -1.32. The van der Waals surface area contributed by atoms with Gasteiger partial charge in [-0.2, -0.15) is 0 Å². The van der Waals surface area contributed by atoms with Gasteiger partial charge >= 0.3 is 0 Å². The van der Waals surface area contributed by atoms with Gasteiger partial charge in [0, 0.05) is 6.42 Å². The van der Waals surface area contributed by atoms with Crippen LogP contribution in [0.1, 0.15) is 138 Å². The fourth-order valence-corrected chi connectivity index (χ4v) is 12.0. The van der Waals surface area contributed by atoms with Crippen LogP contribution in [0.25, 0.3) is 0 Å². The number of amidine groups is 1. The highest BCUT2D eigenvalue weighted by Gasteiger charge is 2.61. The number of nitrogens with two attached hydrogens (primary N) is 1. The van der Waals surface area contributed by atoms with Crippen LogP contribution in [0.5, 0.6) is 0 Å². The molecule has 3 saturated carbocycles. The highest BCUT2D eigenvalue weighted by atomic mass is 32.1. The normalized spacial score (nSPS) is 34.5. The van der Waals surface area contributed by atoms with Crippen LogP contribution in [0.4, 0.5) is 0 Å². The maximum Gasteiger partial charge on any atom is 0.236 e. The molecule has 0 aromatic heterocycles. The predicted octanol–water partition coefficient (Wildman–Crippen LogP) is 8.09. The molecule has 7 nitrogen and oxygen atoms in total. The summed E-state index contributed by atoms with van der Waals surface area (Å²) < 4.78 is 0. The number of fused-ring (bicyclic) bond motifs is 5. The van der Waals surface area contributed by atoms with Crippen molar-refractivity contribution in [3.8, 4) is 0 Å². The lowest BCUT2D eigenvalue weighted by molar-refractivity contribution is -0.146. The van der Waals surface area contributed by atoms with E-state index in [1.165, 1.54) is 50.5 Å². The molecule has 0 spiro atoms. The van der Waals surface area contributed by atoms with Crippen molar-refractivity contribution in [3.05, 3.63) is 11.6 Å². The van der Waals surface area contributed by atoms with Gasteiger partial charge in [-0.15, -0.1) is 25.3 Å². The first-order valence-electron chi connectivity index (χ1n) is 19.1. The minimum atomic E-state index is -1.62. The van der Waals surface area contributed by atoms with Gasteiger partial charge in [-0.05, 0) is 117 Å². The summed E-state index contributed by atoms with van der Waals surface area (Å²) in [5, 5.41) is 13.0. The van der Waals surface area contributed by atoms with Crippen LogP contribution >= 0.6 is 25.3 Å². The van der Waals surface area contributed by atoms with E-state index in [1.807, 2.05) is 6.92 Å². The first-order chi connectivity index (χ1) is 22.5. The Morgan fingerprint density at radius 1 is 1.02 bits per heavy atom. The molecule has 0 aliphatic heterocycles. The number of nitrogens with one attached hydrogen (secondary N) is 3. The van der Waals surface area contributed by atoms with Gasteiger partial charge in [-0.1, -0.05) is 78.9 Å². The van der Waals surface area contributed by atoms with Crippen LogP contribution < -0.4 is 16.4 Å². The quantitative estimate of drug-likeness (QED) is 0.0242. The zero-order valence-corrected chi connectivity index (χ0v) is 32.7. The monoisotopic (exact) mass is 702 g/mol. The fraction of sp³-hybridized carbons (Fsp3) is 0.846.